The molecular weight excluding hydrogens is 297 g/mol. The van der Waals surface area contributed by atoms with Crippen LogP contribution in [0.1, 0.15) is 54.4 Å². The van der Waals surface area contributed by atoms with Crippen molar-refractivity contribution in [2.75, 3.05) is 20.2 Å². The predicted octanol–water partition coefficient (Wildman–Crippen LogP) is 3.12. The van der Waals surface area contributed by atoms with Crippen molar-refractivity contribution in [1.29, 1.82) is 0 Å². The number of ether oxygens (including phenoxy) is 1. The van der Waals surface area contributed by atoms with E-state index in [1.807, 2.05) is 11.8 Å². The summed E-state index contributed by atoms with van der Waals surface area (Å²) >= 11 is 0. The van der Waals surface area contributed by atoms with E-state index in [2.05, 4.69) is 4.74 Å². The van der Waals surface area contributed by atoms with Gasteiger partial charge in [-0.3, -0.25) is 4.79 Å². The van der Waals surface area contributed by atoms with Crippen LogP contribution in [0.3, 0.4) is 0 Å². The number of halogens is 1. The fourth-order valence-corrected chi connectivity index (χ4v) is 3.33. The van der Waals surface area contributed by atoms with Gasteiger partial charge in [0.05, 0.1) is 12.7 Å². The van der Waals surface area contributed by atoms with Crippen molar-refractivity contribution in [1.82, 2.24) is 4.90 Å². The van der Waals surface area contributed by atoms with E-state index in [-0.39, 0.29) is 22.8 Å². The van der Waals surface area contributed by atoms with Crippen molar-refractivity contribution in [2.45, 2.75) is 38.5 Å². The molecule has 4 nitrogen and oxygen atoms in total. The molecule has 0 aromatic heterocycles. The number of carbonyl (C=O) groups is 2. The van der Waals surface area contributed by atoms with Gasteiger partial charge in [0.2, 0.25) is 5.91 Å². The zero-order chi connectivity index (χ0) is 16.6. The minimum Gasteiger partial charge on any atom is -0.465 e. The Morgan fingerprint density at radius 1 is 1.35 bits per heavy atom. The Morgan fingerprint density at radius 3 is 2.74 bits per heavy atom. The highest BCUT2D eigenvalue weighted by molar-refractivity contribution is 5.90. The van der Waals surface area contributed by atoms with Crippen LogP contribution in [0.25, 0.3) is 0 Å². The first-order chi connectivity index (χ1) is 11.0. The van der Waals surface area contributed by atoms with Gasteiger partial charge in [-0.05, 0) is 37.3 Å². The molecule has 23 heavy (non-hydrogen) atoms. The van der Waals surface area contributed by atoms with Crippen LogP contribution in [0, 0.1) is 11.2 Å². The monoisotopic (exact) mass is 319 g/mol. The molecule has 1 saturated heterocycles. The number of likely N-dealkylation sites (tertiary alicyclic amines) is 1. The average molecular weight is 319 g/mol. The number of nitrogens with zero attached hydrogens (tertiary/aromatic N) is 1. The zero-order valence-corrected chi connectivity index (χ0v) is 13.6. The highest BCUT2D eigenvalue weighted by Gasteiger charge is 2.47. The third-order valence-corrected chi connectivity index (χ3v) is 5.10. The van der Waals surface area contributed by atoms with Crippen LogP contribution in [-0.2, 0) is 9.53 Å². The van der Waals surface area contributed by atoms with Gasteiger partial charge in [-0.1, -0.05) is 19.1 Å². The van der Waals surface area contributed by atoms with Gasteiger partial charge in [0.25, 0.3) is 0 Å². The summed E-state index contributed by atoms with van der Waals surface area (Å²) in [5, 5.41) is 0. The van der Waals surface area contributed by atoms with Gasteiger partial charge in [0.1, 0.15) is 5.82 Å². The highest BCUT2D eigenvalue weighted by Crippen LogP contribution is 2.47. The fraction of sp³-hybridized carbons (Fsp3) is 0.556. The third kappa shape index (κ3) is 2.96. The first-order valence-corrected chi connectivity index (χ1v) is 8.12. The van der Waals surface area contributed by atoms with E-state index in [1.165, 1.54) is 13.2 Å². The Morgan fingerprint density at radius 2 is 2.09 bits per heavy atom. The number of piperidine rings is 1. The predicted molar refractivity (Wildman–Crippen MR) is 83.6 cm³/mol. The molecule has 5 heteroatoms. The number of hydrogen-bond acceptors (Lipinski definition) is 3. The Hall–Kier alpha value is -1.91. The van der Waals surface area contributed by atoms with E-state index in [0.29, 0.717) is 12.1 Å². The lowest BCUT2D eigenvalue weighted by Crippen LogP contribution is -2.42. The van der Waals surface area contributed by atoms with Crippen molar-refractivity contribution < 1.29 is 18.7 Å². The molecule has 1 atom stereocenters. The van der Waals surface area contributed by atoms with Crippen LogP contribution in [0.4, 0.5) is 4.39 Å². The number of rotatable bonds is 3. The minimum atomic E-state index is -0.668. The largest absolute Gasteiger partial charge is 0.465 e. The normalized spacial score (nSPS) is 22.6. The summed E-state index contributed by atoms with van der Waals surface area (Å²) in [6.07, 6.45) is 3.56. The van der Waals surface area contributed by atoms with Crippen molar-refractivity contribution in [3.63, 3.8) is 0 Å². The Labute approximate surface area is 135 Å². The van der Waals surface area contributed by atoms with Gasteiger partial charge in [-0.25, -0.2) is 9.18 Å². The van der Waals surface area contributed by atoms with E-state index in [1.54, 1.807) is 12.1 Å². The lowest BCUT2D eigenvalue weighted by molar-refractivity contribution is -0.137. The fourth-order valence-electron chi connectivity index (χ4n) is 3.33. The first kappa shape index (κ1) is 16.0. The lowest BCUT2D eigenvalue weighted by atomic mass is 9.88. The van der Waals surface area contributed by atoms with Crippen LogP contribution in [-0.4, -0.2) is 37.0 Å². The molecule has 2 fully saturated rings. The molecule has 1 aliphatic carbocycles. The van der Waals surface area contributed by atoms with Gasteiger partial charge < -0.3 is 9.64 Å². The maximum absolute atomic E-state index is 14.7. The van der Waals surface area contributed by atoms with Gasteiger partial charge in [-0.15, -0.1) is 0 Å². The van der Waals surface area contributed by atoms with E-state index < -0.39 is 11.8 Å². The lowest BCUT2D eigenvalue weighted by Gasteiger charge is -2.35. The van der Waals surface area contributed by atoms with Gasteiger partial charge >= 0.3 is 5.97 Å². The number of esters is 1. The van der Waals surface area contributed by atoms with Crippen LogP contribution in [0.15, 0.2) is 18.2 Å². The molecule has 1 saturated carbocycles. The third-order valence-electron chi connectivity index (χ3n) is 5.10. The second kappa shape index (κ2) is 5.95. The maximum Gasteiger partial charge on any atom is 0.340 e. The number of carbonyl (C=O) groups excluding carboxylic acids is 2. The number of benzene rings is 1. The second-order valence-electron chi connectivity index (χ2n) is 6.85. The van der Waals surface area contributed by atoms with E-state index in [9.17, 15) is 14.0 Å². The SMILES string of the molecule is COC(=O)c1cccc(C2CCCN(C(=O)C3(C)CC3)C2)c1F. The molecule has 124 valence electrons. The summed E-state index contributed by atoms with van der Waals surface area (Å²) in [4.78, 5) is 26.0. The van der Waals surface area contributed by atoms with E-state index >= 15 is 0 Å². The number of hydrogen-bond donors (Lipinski definition) is 0. The summed E-state index contributed by atoms with van der Waals surface area (Å²) in [5.74, 6) is -1.07. The van der Waals surface area contributed by atoms with Gasteiger partial charge in [0, 0.05) is 24.4 Å². The molecular formula is C18H22FNO3. The van der Waals surface area contributed by atoms with Crippen molar-refractivity contribution in [3.8, 4) is 0 Å². The average Bonchev–Trinajstić information content (AvgIpc) is 3.32. The standard InChI is InChI=1S/C18H22FNO3/c1-18(8-9-18)17(22)20-10-4-5-12(11-20)13-6-3-7-14(15(13)19)16(21)23-2/h3,6-7,12H,4-5,8-11H2,1-2H3. The molecule has 1 unspecified atom stereocenters. The van der Waals surface area contributed by atoms with E-state index in [0.717, 1.165) is 32.2 Å². The topological polar surface area (TPSA) is 46.6 Å². The molecule has 1 heterocycles. The maximum atomic E-state index is 14.7. The summed E-state index contributed by atoms with van der Waals surface area (Å²) in [6, 6.07) is 4.81. The molecule has 2 aliphatic rings. The molecule has 0 N–H and O–H groups in total. The zero-order valence-electron chi connectivity index (χ0n) is 13.6. The van der Waals surface area contributed by atoms with Crippen LogP contribution in [0.2, 0.25) is 0 Å². The van der Waals surface area contributed by atoms with Crippen LogP contribution in [0.5, 0.6) is 0 Å². The number of amides is 1. The Kier molecular flexibility index (Phi) is 4.13. The first-order valence-electron chi connectivity index (χ1n) is 8.12. The number of methoxy groups -OCH3 is 1. The Bertz CT molecular complexity index is 639. The molecule has 0 spiro atoms. The molecule has 1 aromatic carbocycles. The quantitative estimate of drug-likeness (QED) is 0.804. The van der Waals surface area contributed by atoms with Gasteiger partial charge in [0.15, 0.2) is 0 Å². The molecule has 0 radical (unpaired) electrons. The summed E-state index contributed by atoms with van der Waals surface area (Å²) in [6.45, 7) is 3.26. The molecule has 3 rings (SSSR count). The molecule has 1 aromatic rings. The van der Waals surface area contributed by atoms with Crippen LogP contribution < -0.4 is 0 Å². The molecule has 0 bridgehead atoms. The molecule has 1 amide bonds. The summed E-state index contributed by atoms with van der Waals surface area (Å²) in [5.41, 5.74) is 0.267. The second-order valence-corrected chi connectivity index (χ2v) is 6.85. The minimum absolute atomic E-state index is 0.0393. The highest BCUT2D eigenvalue weighted by atomic mass is 19.1. The van der Waals surface area contributed by atoms with Crippen molar-refractivity contribution in [2.24, 2.45) is 5.41 Å². The van der Waals surface area contributed by atoms with Crippen molar-refractivity contribution >= 4 is 11.9 Å². The smallest absolute Gasteiger partial charge is 0.340 e. The molecule has 1 aliphatic heterocycles. The van der Waals surface area contributed by atoms with Crippen LogP contribution >= 0.6 is 0 Å². The Balaban J connectivity index is 1.81. The van der Waals surface area contributed by atoms with Gasteiger partial charge in [-0.2, -0.15) is 0 Å². The summed E-state index contributed by atoms with van der Waals surface area (Å²) < 4.78 is 19.3. The van der Waals surface area contributed by atoms with E-state index in [4.69, 9.17) is 0 Å². The van der Waals surface area contributed by atoms with Crippen molar-refractivity contribution in [3.05, 3.63) is 35.1 Å². The summed E-state index contributed by atoms with van der Waals surface area (Å²) in [7, 11) is 1.24.